The Morgan fingerprint density at radius 1 is 0.909 bits per heavy atom. The number of hydrogen-bond donors (Lipinski definition) is 3. The van der Waals surface area contributed by atoms with Crippen molar-refractivity contribution in [2.75, 3.05) is 40.0 Å². The Kier molecular flexibility index (Phi) is 11.3. The molecule has 5 rings (SSSR count). The number of nitrogens with one attached hydrogen (secondary N) is 2. The lowest BCUT2D eigenvalue weighted by molar-refractivity contribution is -0.253. The number of rotatable bonds is 11. The van der Waals surface area contributed by atoms with Crippen LogP contribution < -0.4 is 10.6 Å². The highest BCUT2D eigenvalue weighted by molar-refractivity contribution is 5.83. The van der Waals surface area contributed by atoms with Crippen LogP contribution in [0.25, 0.3) is 0 Å². The van der Waals surface area contributed by atoms with Crippen molar-refractivity contribution in [2.24, 2.45) is 0 Å². The normalized spacial score (nSPS) is 21.3. The smallest absolute Gasteiger partial charge is 0.328 e. The lowest BCUT2D eigenvalue weighted by atomic mass is 9.99. The molecule has 0 bridgehead atoms. The van der Waals surface area contributed by atoms with Gasteiger partial charge in [-0.05, 0) is 22.3 Å². The first-order valence-corrected chi connectivity index (χ1v) is 15.1. The average molecular weight is 604 g/mol. The number of benzene rings is 3. The number of aliphatic hydroxyl groups is 1. The summed E-state index contributed by atoms with van der Waals surface area (Å²) in [5.74, 6) is -0.504. The topological polar surface area (TPSA) is 119 Å². The molecule has 3 aromatic carbocycles. The van der Waals surface area contributed by atoms with E-state index in [9.17, 15) is 14.7 Å². The molecule has 2 aliphatic heterocycles. The van der Waals surface area contributed by atoms with E-state index in [4.69, 9.17) is 18.9 Å². The van der Waals surface area contributed by atoms with Crippen LogP contribution in [0.3, 0.4) is 0 Å². The second-order valence-electron chi connectivity index (χ2n) is 11.1. The van der Waals surface area contributed by atoms with Gasteiger partial charge < -0.3 is 34.7 Å². The third kappa shape index (κ3) is 8.87. The highest BCUT2D eigenvalue weighted by atomic mass is 16.7. The molecule has 3 N–H and O–H groups in total. The zero-order valence-corrected chi connectivity index (χ0v) is 25.0. The molecule has 0 aliphatic carbocycles. The van der Waals surface area contributed by atoms with Gasteiger partial charge in [0.2, 0.25) is 0 Å². The van der Waals surface area contributed by atoms with Crippen LogP contribution in [0.15, 0.2) is 78.9 Å². The fraction of sp³-hybridized carbons (Fsp3) is 0.412. The number of carbonyl (C=O) groups is 2. The molecule has 0 unspecified atom stereocenters. The summed E-state index contributed by atoms with van der Waals surface area (Å²) in [7, 11) is 1.31. The maximum atomic E-state index is 12.7. The molecule has 2 fully saturated rings. The Bertz CT molecular complexity index is 1330. The van der Waals surface area contributed by atoms with E-state index >= 15 is 0 Å². The van der Waals surface area contributed by atoms with Crippen LogP contribution in [0.2, 0.25) is 0 Å². The highest BCUT2D eigenvalue weighted by Crippen LogP contribution is 2.38. The van der Waals surface area contributed by atoms with Crippen LogP contribution in [0.4, 0.5) is 4.79 Å². The van der Waals surface area contributed by atoms with E-state index in [2.05, 4.69) is 15.5 Å². The molecule has 4 atom stereocenters. The maximum absolute atomic E-state index is 12.7. The molecule has 234 valence electrons. The van der Waals surface area contributed by atoms with Gasteiger partial charge >= 0.3 is 12.0 Å². The lowest BCUT2D eigenvalue weighted by Crippen LogP contribution is -2.47. The second-order valence-corrected chi connectivity index (χ2v) is 11.1. The number of urea groups is 1. The fourth-order valence-electron chi connectivity index (χ4n) is 5.47. The lowest BCUT2D eigenvalue weighted by Gasteiger charge is -2.39. The minimum atomic E-state index is -0.802. The Hall–Kier alpha value is -3.80. The van der Waals surface area contributed by atoms with Gasteiger partial charge in [-0.15, -0.1) is 0 Å². The van der Waals surface area contributed by atoms with Crippen molar-refractivity contribution >= 4 is 12.0 Å². The molecule has 2 heterocycles. The molecule has 2 amide bonds. The number of hydrogen-bond acceptors (Lipinski definition) is 8. The molecule has 2 aliphatic rings. The Labute approximate surface area is 258 Å². The third-order valence-electron chi connectivity index (χ3n) is 7.96. The summed E-state index contributed by atoms with van der Waals surface area (Å²) in [6.45, 7) is 4.27. The molecular formula is C34H41N3O7. The van der Waals surface area contributed by atoms with Crippen molar-refractivity contribution in [2.45, 2.75) is 50.5 Å². The van der Waals surface area contributed by atoms with Crippen molar-refractivity contribution in [3.63, 3.8) is 0 Å². The minimum Gasteiger partial charge on any atom is -0.467 e. The van der Waals surface area contributed by atoms with Gasteiger partial charge in [-0.25, -0.2) is 9.59 Å². The zero-order valence-electron chi connectivity index (χ0n) is 25.0. The van der Waals surface area contributed by atoms with E-state index in [0.717, 1.165) is 67.1 Å². The first-order chi connectivity index (χ1) is 21.5. The van der Waals surface area contributed by atoms with Crippen molar-refractivity contribution in [1.82, 2.24) is 15.5 Å². The number of amides is 2. The number of methoxy groups -OCH3 is 1. The van der Waals surface area contributed by atoms with E-state index in [1.165, 1.54) is 7.11 Å². The molecule has 0 spiro atoms. The predicted octanol–water partition coefficient (Wildman–Crippen LogP) is 3.64. The third-order valence-corrected chi connectivity index (χ3v) is 7.96. The molecule has 10 heteroatoms. The van der Waals surface area contributed by atoms with Gasteiger partial charge in [0.25, 0.3) is 0 Å². The first kappa shape index (κ1) is 31.6. The van der Waals surface area contributed by atoms with Crippen LogP contribution in [0.1, 0.15) is 46.6 Å². The van der Waals surface area contributed by atoms with E-state index in [1.807, 2.05) is 78.9 Å². The van der Waals surface area contributed by atoms with Crippen molar-refractivity contribution < 1.29 is 33.6 Å². The van der Waals surface area contributed by atoms with Gasteiger partial charge in [0.1, 0.15) is 6.04 Å². The summed E-state index contributed by atoms with van der Waals surface area (Å²) < 4.78 is 23.3. The van der Waals surface area contributed by atoms with Crippen molar-refractivity contribution in [3.8, 4) is 0 Å². The molecule has 10 nitrogen and oxygen atoms in total. The van der Waals surface area contributed by atoms with Crippen molar-refractivity contribution in [1.29, 1.82) is 0 Å². The summed E-state index contributed by atoms with van der Waals surface area (Å²) in [5, 5.41) is 15.0. The first-order valence-electron chi connectivity index (χ1n) is 15.1. The number of aliphatic hydroxyl groups excluding tert-OH is 1. The quantitative estimate of drug-likeness (QED) is 0.285. The summed E-state index contributed by atoms with van der Waals surface area (Å²) in [5.41, 5.74) is 4.60. The summed E-state index contributed by atoms with van der Waals surface area (Å²) in [6.07, 6.45) is 0.312. The SMILES string of the molecule is COC(=O)[C@H](Cc1ccccc1)NC(=O)NCc1ccc([C@@H]2O[C@H](CN3CCOCC3)C[C@H](c3ccc(CO)cc3)O2)cc1. The largest absolute Gasteiger partial charge is 0.467 e. The van der Waals surface area contributed by atoms with Gasteiger partial charge in [0.05, 0.1) is 39.1 Å². The Morgan fingerprint density at radius 2 is 1.59 bits per heavy atom. The molecule has 0 saturated carbocycles. The van der Waals surface area contributed by atoms with Crippen LogP contribution in [0, 0.1) is 0 Å². The summed E-state index contributed by atoms with van der Waals surface area (Å²) in [6, 6.07) is 23.8. The Morgan fingerprint density at radius 3 is 2.27 bits per heavy atom. The van der Waals surface area contributed by atoms with Gasteiger partial charge in [-0.2, -0.15) is 0 Å². The average Bonchev–Trinajstić information content (AvgIpc) is 3.07. The van der Waals surface area contributed by atoms with Gasteiger partial charge in [-0.3, -0.25) is 4.90 Å². The molecular weight excluding hydrogens is 562 g/mol. The molecule has 0 aromatic heterocycles. The maximum Gasteiger partial charge on any atom is 0.328 e. The van der Waals surface area contributed by atoms with Crippen LogP contribution in [-0.2, 0) is 43.3 Å². The standard InChI is InChI=1S/C34H41N3O7/c1-41-32(39)30(19-24-5-3-2-4-6-24)36-34(40)35-21-25-7-13-28(14-8-25)33-43-29(22-37-15-17-42-18-16-37)20-31(44-33)27-11-9-26(23-38)10-12-27/h2-14,29-31,33,38H,15-23H2,1H3,(H2,35,36,40)/t29-,30-,31+,33+/m0/s1. The van der Waals surface area contributed by atoms with Gasteiger partial charge in [-0.1, -0.05) is 78.9 Å². The number of esters is 1. The molecule has 44 heavy (non-hydrogen) atoms. The number of ether oxygens (including phenoxy) is 4. The van der Waals surface area contributed by atoms with Crippen molar-refractivity contribution in [3.05, 3.63) is 107 Å². The van der Waals surface area contributed by atoms with Crippen LogP contribution >= 0.6 is 0 Å². The monoisotopic (exact) mass is 603 g/mol. The van der Waals surface area contributed by atoms with Gasteiger partial charge in [0.15, 0.2) is 6.29 Å². The number of morpholine rings is 1. The minimum absolute atomic E-state index is 0.000387. The second kappa shape index (κ2) is 15.8. The zero-order chi connectivity index (χ0) is 30.7. The van der Waals surface area contributed by atoms with E-state index in [0.29, 0.717) is 6.42 Å². The van der Waals surface area contributed by atoms with Crippen LogP contribution in [0.5, 0.6) is 0 Å². The summed E-state index contributed by atoms with van der Waals surface area (Å²) in [4.78, 5) is 27.3. The van der Waals surface area contributed by atoms with E-state index in [-0.39, 0.29) is 25.4 Å². The predicted molar refractivity (Wildman–Crippen MR) is 163 cm³/mol. The Balaban J connectivity index is 1.20. The highest BCUT2D eigenvalue weighted by Gasteiger charge is 2.33. The molecule has 0 radical (unpaired) electrons. The number of carbonyl (C=O) groups excluding carboxylic acids is 2. The van der Waals surface area contributed by atoms with Gasteiger partial charge in [0, 0.05) is 44.6 Å². The summed E-state index contributed by atoms with van der Waals surface area (Å²) >= 11 is 0. The number of nitrogens with zero attached hydrogens (tertiary/aromatic N) is 1. The molecule has 2 saturated heterocycles. The van der Waals surface area contributed by atoms with E-state index in [1.54, 1.807) is 0 Å². The fourth-order valence-corrected chi connectivity index (χ4v) is 5.47. The van der Waals surface area contributed by atoms with E-state index < -0.39 is 24.3 Å². The van der Waals surface area contributed by atoms with Crippen LogP contribution in [-0.4, -0.2) is 74.1 Å². The molecule has 3 aromatic rings.